The molecule has 6 nitrogen and oxygen atoms in total. The summed E-state index contributed by atoms with van der Waals surface area (Å²) in [6, 6.07) is 0. The lowest BCUT2D eigenvalue weighted by Crippen LogP contribution is -2.30. The number of ether oxygens (including phenoxy) is 1. The fourth-order valence-electron chi connectivity index (χ4n) is 3.45. The molecule has 9 heteroatoms. The lowest BCUT2D eigenvalue weighted by Gasteiger charge is -2.11. The van der Waals surface area contributed by atoms with E-state index in [9.17, 15) is 4.79 Å². The van der Waals surface area contributed by atoms with Gasteiger partial charge in [0.15, 0.2) is 5.11 Å². The molecule has 0 aromatic carbocycles. The van der Waals surface area contributed by atoms with E-state index in [4.69, 9.17) is 17.0 Å². The Labute approximate surface area is 189 Å². The summed E-state index contributed by atoms with van der Waals surface area (Å²) < 4.78 is 8.27. The molecule has 0 unspecified atom stereocenters. The van der Waals surface area contributed by atoms with Gasteiger partial charge in [-0.25, -0.2) is 4.79 Å². The average molecular weight is 500 g/mol. The number of rotatable bonds is 7. The Morgan fingerprint density at radius 2 is 2.17 bits per heavy atom. The molecule has 0 bridgehead atoms. The van der Waals surface area contributed by atoms with Crippen molar-refractivity contribution < 1.29 is 9.53 Å². The van der Waals surface area contributed by atoms with Crippen molar-refractivity contribution in [3.63, 3.8) is 0 Å². The van der Waals surface area contributed by atoms with Gasteiger partial charge in [0.2, 0.25) is 0 Å². The molecule has 2 N–H and O–H groups in total. The van der Waals surface area contributed by atoms with E-state index in [0.717, 1.165) is 59.5 Å². The zero-order chi connectivity index (χ0) is 20.8. The van der Waals surface area contributed by atoms with Crippen LogP contribution in [0.5, 0.6) is 0 Å². The van der Waals surface area contributed by atoms with Crippen LogP contribution in [0.2, 0.25) is 0 Å². The van der Waals surface area contributed by atoms with Gasteiger partial charge in [0, 0.05) is 24.2 Å². The van der Waals surface area contributed by atoms with Crippen molar-refractivity contribution >= 4 is 55.6 Å². The van der Waals surface area contributed by atoms with E-state index in [1.165, 1.54) is 17.7 Å². The minimum absolute atomic E-state index is 0.253. The van der Waals surface area contributed by atoms with Gasteiger partial charge in [-0.1, -0.05) is 6.42 Å². The fourth-order valence-corrected chi connectivity index (χ4v) is 5.31. The van der Waals surface area contributed by atoms with Gasteiger partial charge in [-0.15, -0.1) is 11.3 Å². The van der Waals surface area contributed by atoms with Gasteiger partial charge in [-0.3, -0.25) is 4.68 Å². The molecule has 2 heterocycles. The molecular weight excluding hydrogens is 472 g/mol. The van der Waals surface area contributed by atoms with Crippen LogP contribution in [0, 0.1) is 6.92 Å². The Morgan fingerprint density at radius 3 is 2.90 bits per heavy atom. The van der Waals surface area contributed by atoms with E-state index in [2.05, 4.69) is 31.7 Å². The largest absolute Gasteiger partial charge is 0.462 e. The number of carbonyl (C=O) groups excluding carboxylic acids is 1. The molecule has 158 valence electrons. The molecule has 0 aliphatic heterocycles. The molecule has 29 heavy (non-hydrogen) atoms. The quantitative estimate of drug-likeness (QED) is 0.246. The summed E-state index contributed by atoms with van der Waals surface area (Å²) in [4.78, 5) is 13.9. The van der Waals surface area contributed by atoms with E-state index >= 15 is 0 Å². The molecule has 1 aliphatic rings. The predicted molar refractivity (Wildman–Crippen MR) is 125 cm³/mol. The van der Waals surface area contributed by atoms with Crippen molar-refractivity contribution in [3.8, 4) is 0 Å². The van der Waals surface area contributed by atoms with Gasteiger partial charge < -0.3 is 15.4 Å². The van der Waals surface area contributed by atoms with E-state index in [0.29, 0.717) is 17.3 Å². The standard InChI is InChI=1S/C20H27BrN4O2S2/c1-3-27-19(26)17-14-8-5-4-6-9-16(14)29-18(17)23-20(28)22-10-7-11-25-12-15(21)13(2)24-25/h12H,3-11H2,1-2H3,(H2,22,23,28). The number of carbonyl (C=O) groups is 1. The molecule has 0 radical (unpaired) electrons. The van der Waals surface area contributed by atoms with Gasteiger partial charge in [-0.2, -0.15) is 5.10 Å². The van der Waals surface area contributed by atoms with Crippen LogP contribution in [0.3, 0.4) is 0 Å². The molecule has 0 saturated heterocycles. The normalized spacial score (nSPS) is 13.5. The van der Waals surface area contributed by atoms with Gasteiger partial charge >= 0.3 is 5.97 Å². The first-order valence-electron chi connectivity index (χ1n) is 10.1. The minimum Gasteiger partial charge on any atom is -0.462 e. The van der Waals surface area contributed by atoms with Gasteiger partial charge in [0.25, 0.3) is 0 Å². The summed E-state index contributed by atoms with van der Waals surface area (Å²) in [5.41, 5.74) is 2.81. The third-order valence-corrected chi connectivity index (χ3v) is 7.10. The average Bonchev–Trinajstić information content (AvgIpc) is 3.08. The summed E-state index contributed by atoms with van der Waals surface area (Å²) in [6.07, 6.45) is 8.31. The van der Waals surface area contributed by atoms with Gasteiger partial charge in [0.05, 0.1) is 22.3 Å². The van der Waals surface area contributed by atoms with Crippen LogP contribution in [-0.2, 0) is 24.1 Å². The van der Waals surface area contributed by atoms with Crippen LogP contribution >= 0.6 is 39.5 Å². The van der Waals surface area contributed by atoms with Gasteiger partial charge in [-0.05, 0) is 79.7 Å². The summed E-state index contributed by atoms with van der Waals surface area (Å²) in [5.74, 6) is -0.253. The molecule has 2 aromatic rings. The molecule has 3 rings (SSSR count). The van der Waals surface area contributed by atoms with Crippen LogP contribution in [0.4, 0.5) is 5.00 Å². The van der Waals surface area contributed by atoms with Crippen LogP contribution in [-0.4, -0.2) is 34.0 Å². The zero-order valence-corrected chi connectivity index (χ0v) is 20.1. The molecule has 0 atom stereocenters. The highest BCUT2D eigenvalue weighted by Crippen LogP contribution is 2.38. The monoisotopic (exact) mass is 498 g/mol. The first-order chi connectivity index (χ1) is 14.0. The third-order valence-electron chi connectivity index (χ3n) is 4.86. The third kappa shape index (κ3) is 5.79. The number of esters is 1. The highest BCUT2D eigenvalue weighted by Gasteiger charge is 2.26. The number of nitrogens with zero attached hydrogens (tertiary/aromatic N) is 2. The summed E-state index contributed by atoms with van der Waals surface area (Å²) >= 11 is 10.6. The maximum atomic E-state index is 12.6. The number of fused-ring (bicyclic) bond motifs is 1. The second-order valence-electron chi connectivity index (χ2n) is 7.05. The number of nitrogens with one attached hydrogen (secondary N) is 2. The van der Waals surface area contributed by atoms with Crippen LogP contribution < -0.4 is 10.6 Å². The summed E-state index contributed by atoms with van der Waals surface area (Å²) in [6.45, 7) is 5.71. The lowest BCUT2D eigenvalue weighted by molar-refractivity contribution is 0.0527. The van der Waals surface area contributed by atoms with Crippen molar-refractivity contribution in [2.45, 2.75) is 58.9 Å². The summed E-state index contributed by atoms with van der Waals surface area (Å²) in [5, 5.41) is 12.3. The molecule has 1 aliphatic carbocycles. The van der Waals surface area contributed by atoms with Crippen molar-refractivity contribution in [2.24, 2.45) is 0 Å². The van der Waals surface area contributed by atoms with E-state index in [1.54, 1.807) is 11.3 Å². The summed E-state index contributed by atoms with van der Waals surface area (Å²) in [7, 11) is 0. The number of aryl methyl sites for hydroxylation is 3. The smallest absolute Gasteiger partial charge is 0.341 e. The Bertz CT molecular complexity index is 859. The van der Waals surface area contributed by atoms with Gasteiger partial charge in [0.1, 0.15) is 5.00 Å². The number of anilines is 1. The Kier molecular flexibility index (Phi) is 8.08. The van der Waals surface area contributed by atoms with Crippen molar-refractivity contribution in [2.75, 3.05) is 18.5 Å². The number of aromatic nitrogens is 2. The molecule has 0 spiro atoms. The van der Waals surface area contributed by atoms with Crippen molar-refractivity contribution in [1.82, 2.24) is 15.1 Å². The number of thiocarbonyl (C=S) groups is 1. The molecule has 2 aromatic heterocycles. The fraction of sp³-hybridized carbons (Fsp3) is 0.550. The number of hydrogen-bond donors (Lipinski definition) is 2. The number of thiophene rings is 1. The maximum Gasteiger partial charge on any atom is 0.341 e. The first-order valence-corrected chi connectivity index (χ1v) is 12.1. The predicted octanol–water partition coefficient (Wildman–Crippen LogP) is 4.84. The molecule has 0 saturated carbocycles. The van der Waals surface area contributed by atoms with Crippen LogP contribution in [0.25, 0.3) is 0 Å². The second-order valence-corrected chi connectivity index (χ2v) is 9.42. The molecule has 0 amide bonds. The molecular formula is C20H27BrN4O2S2. The topological polar surface area (TPSA) is 68.2 Å². The van der Waals surface area contributed by atoms with Crippen molar-refractivity contribution in [3.05, 3.63) is 32.4 Å². The Balaban J connectivity index is 1.59. The van der Waals surface area contributed by atoms with Crippen LogP contribution in [0.1, 0.15) is 59.1 Å². The Hall–Kier alpha value is -1.45. The van der Waals surface area contributed by atoms with E-state index in [1.807, 2.05) is 24.7 Å². The Morgan fingerprint density at radius 1 is 1.38 bits per heavy atom. The minimum atomic E-state index is -0.253. The highest BCUT2D eigenvalue weighted by atomic mass is 79.9. The number of hydrogen-bond acceptors (Lipinski definition) is 5. The zero-order valence-electron chi connectivity index (χ0n) is 16.8. The first kappa shape index (κ1) is 22.2. The van der Waals surface area contributed by atoms with Crippen molar-refractivity contribution in [1.29, 1.82) is 0 Å². The van der Waals surface area contributed by atoms with E-state index < -0.39 is 0 Å². The molecule has 0 fully saturated rings. The van der Waals surface area contributed by atoms with E-state index in [-0.39, 0.29) is 5.97 Å². The number of halogens is 1. The SMILES string of the molecule is CCOC(=O)c1c(NC(=S)NCCCn2cc(Br)c(C)n2)sc2c1CCCCC2. The highest BCUT2D eigenvalue weighted by molar-refractivity contribution is 9.10. The second kappa shape index (κ2) is 10.5. The maximum absolute atomic E-state index is 12.6. The lowest BCUT2D eigenvalue weighted by atomic mass is 10.1. The van der Waals surface area contributed by atoms with Crippen LogP contribution in [0.15, 0.2) is 10.7 Å².